The van der Waals surface area contributed by atoms with Crippen molar-refractivity contribution < 1.29 is 4.79 Å². The van der Waals surface area contributed by atoms with Crippen molar-refractivity contribution in [2.45, 2.75) is 50.0 Å². The van der Waals surface area contributed by atoms with Crippen LogP contribution in [0.4, 0.5) is 5.82 Å². The predicted octanol–water partition coefficient (Wildman–Crippen LogP) is 3.87. The summed E-state index contributed by atoms with van der Waals surface area (Å²) in [5, 5.41) is 14.9. The van der Waals surface area contributed by atoms with E-state index in [9.17, 15) is 4.79 Å². The zero-order chi connectivity index (χ0) is 24.2. The Hall–Kier alpha value is -3.78. The molecule has 1 saturated carbocycles. The third-order valence-corrected chi connectivity index (χ3v) is 7.19. The first kappa shape index (κ1) is 23.0. The van der Waals surface area contributed by atoms with Gasteiger partial charge in [0.15, 0.2) is 5.65 Å². The second-order valence-electron chi connectivity index (χ2n) is 9.39. The quantitative estimate of drug-likeness (QED) is 0.309. The molecule has 5 rings (SSSR count). The molecule has 2 aromatic carbocycles. The molecule has 0 radical (unpaired) electrons. The van der Waals surface area contributed by atoms with Crippen LogP contribution in [0, 0.1) is 0 Å². The first-order valence-electron chi connectivity index (χ1n) is 12.2. The lowest BCUT2D eigenvalue weighted by atomic mass is 9.81. The summed E-state index contributed by atoms with van der Waals surface area (Å²) in [5.41, 5.74) is 17.0. The number of carbonyl (C=O) groups excluding carboxylic acids is 1. The summed E-state index contributed by atoms with van der Waals surface area (Å²) in [6.07, 6.45) is 5.46. The minimum absolute atomic E-state index is 0.140. The number of nitrogens with one attached hydrogen (secondary N) is 2. The summed E-state index contributed by atoms with van der Waals surface area (Å²) < 4.78 is 0. The van der Waals surface area contributed by atoms with E-state index in [1.807, 2.05) is 36.4 Å². The Morgan fingerprint density at radius 2 is 1.80 bits per heavy atom. The average Bonchev–Trinajstić information content (AvgIpc) is 3.36. The number of amides is 1. The van der Waals surface area contributed by atoms with Crippen molar-refractivity contribution in [3.05, 3.63) is 82.9 Å². The largest absolute Gasteiger partial charge is 0.384 e. The standard InChI is InChI=1S/C27H31N7O/c28-24-16-23(25-27(31-24)33-34-32-25)22(19-4-2-1-3-5-19)14-15-30-21-12-10-18(11-13-21)17-6-8-20(9-7-17)26(29)35/h1-9,16,18,21-22,30H,10-15H2,(H2,29,35)(H3,28,31,32,33,34). The maximum absolute atomic E-state index is 11.3. The Morgan fingerprint density at radius 3 is 2.51 bits per heavy atom. The van der Waals surface area contributed by atoms with Crippen LogP contribution >= 0.6 is 0 Å². The molecule has 8 heteroatoms. The number of nitrogen functional groups attached to an aromatic ring is 1. The lowest BCUT2D eigenvalue weighted by Gasteiger charge is -2.30. The molecule has 1 unspecified atom stereocenters. The number of aromatic amines is 1. The molecule has 1 aliphatic rings. The number of hydrogen-bond donors (Lipinski definition) is 4. The highest BCUT2D eigenvalue weighted by molar-refractivity contribution is 5.92. The zero-order valence-corrected chi connectivity index (χ0v) is 19.7. The van der Waals surface area contributed by atoms with Crippen LogP contribution in [-0.4, -0.2) is 38.9 Å². The molecule has 0 aliphatic heterocycles. The molecule has 180 valence electrons. The number of benzene rings is 2. The van der Waals surface area contributed by atoms with Crippen LogP contribution in [-0.2, 0) is 0 Å². The first-order chi connectivity index (χ1) is 17.1. The van der Waals surface area contributed by atoms with Crippen LogP contribution in [0.1, 0.15) is 71.0 Å². The lowest BCUT2D eigenvalue weighted by Crippen LogP contribution is -2.34. The molecular weight excluding hydrogens is 438 g/mol. The molecule has 1 amide bonds. The fourth-order valence-corrected chi connectivity index (χ4v) is 5.32. The van der Waals surface area contributed by atoms with E-state index in [2.05, 4.69) is 50.0 Å². The summed E-state index contributed by atoms with van der Waals surface area (Å²) in [4.78, 5) is 15.7. The number of fused-ring (bicyclic) bond motifs is 1. The Morgan fingerprint density at radius 1 is 1.06 bits per heavy atom. The topological polar surface area (TPSA) is 136 Å². The fraction of sp³-hybridized carbons (Fsp3) is 0.333. The van der Waals surface area contributed by atoms with E-state index in [4.69, 9.17) is 11.5 Å². The van der Waals surface area contributed by atoms with Gasteiger partial charge in [-0.2, -0.15) is 0 Å². The lowest BCUT2D eigenvalue weighted by molar-refractivity contribution is 0.1000. The second-order valence-corrected chi connectivity index (χ2v) is 9.39. The summed E-state index contributed by atoms with van der Waals surface area (Å²) in [5.74, 6) is 0.764. The zero-order valence-electron chi connectivity index (χ0n) is 19.7. The Labute approximate surface area is 204 Å². The van der Waals surface area contributed by atoms with Crippen LogP contribution in [0.2, 0.25) is 0 Å². The van der Waals surface area contributed by atoms with Gasteiger partial charge in [0.1, 0.15) is 11.3 Å². The van der Waals surface area contributed by atoms with Crippen LogP contribution in [0.5, 0.6) is 0 Å². The number of H-pyrrole nitrogens is 1. The van der Waals surface area contributed by atoms with Gasteiger partial charge < -0.3 is 16.8 Å². The summed E-state index contributed by atoms with van der Waals surface area (Å²) in [6.45, 7) is 0.893. The number of pyridine rings is 1. The second kappa shape index (κ2) is 10.2. The van der Waals surface area contributed by atoms with Gasteiger partial charge in [-0.05, 0) is 79.5 Å². The Bertz CT molecular complexity index is 1280. The van der Waals surface area contributed by atoms with E-state index in [0.29, 0.717) is 29.0 Å². The van der Waals surface area contributed by atoms with E-state index >= 15 is 0 Å². The highest BCUT2D eigenvalue weighted by atomic mass is 16.1. The van der Waals surface area contributed by atoms with Crippen molar-refractivity contribution in [1.29, 1.82) is 0 Å². The number of carbonyl (C=O) groups is 1. The molecule has 1 fully saturated rings. The van der Waals surface area contributed by atoms with E-state index in [1.165, 1.54) is 11.1 Å². The average molecular weight is 470 g/mol. The van der Waals surface area contributed by atoms with Crippen LogP contribution < -0.4 is 16.8 Å². The molecule has 1 atom stereocenters. The molecule has 2 heterocycles. The Balaban J connectivity index is 1.22. The van der Waals surface area contributed by atoms with Crippen molar-refractivity contribution >= 4 is 22.9 Å². The Kier molecular flexibility index (Phi) is 6.72. The highest BCUT2D eigenvalue weighted by Gasteiger charge is 2.24. The van der Waals surface area contributed by atoms with Gasteiger partial charge in [0.25, 0.3) is 0 Å². The number of rotatable bonds is 8. The van der Waals surface area contributed by atoms with Gasteiger partial charge >= 0.3 is 0 Å². The van der Waals surface area contributed by atoms with Crippen molar-refractivity contribution in [2.24, 2.45) is 5.73 Å². The van der Waals surface area contributed by atoms with Gasteiger partial charge in [-0.15, -0.1) is 5.10 Å². The molecule has 0 spiro atoms. The summed E-state index contributed by atoms with van der Waals surface area (Å²) in [7, 11) is 0. The summed E-state index contributed by atoms with van der Waals surface area (Å²) >= 11 is 0. The first-order valence-corrected chi connectivity index (χ1v) is 12.2. The number of aromatic nitrogens is 4. The minimum Gasteiger partial charge on any atom is -0.384 e. The number of hydrogen-bond acceptors (Lipinski definition) is 6. The monoisotopic (exact) mass is 469 g/mol. The summed E-state index contributed by atoms with van der Waals surface area (Å²) in [6, 6.07) is 20.7. The predicted molar refractivity (Wildman–Crippen MR) is 137 cm³/mol. The van der Waals surface area contributed by atoms with E-state index in [0.717, 1.165) is 49.7 Å². The van der Waals surface area contributed by atoms with Crippen LogP contribution in [0.15, 0.2) is 60.7 Å². The molecule has 2 aromatic heterocycles. The van der Waals surface area contributed by atoms with Gasteiger partial charge in [-0.1, -0.05) is 47.7 Å². The van der Waals surface area contributed by atoms with E-state index < -0.39 is 0 Å². The highest BCUT2D eigenvalue weighted by Crippen LogP contribution is 2.34. The van der Waals surface area contributed by atoms with Gasteiger partial charge in [-0.25, -0.2) is 10.1 Å². The van der Waals surface area contributed by atoms with Crippen molar-refractivity contribution in [2.75, 3.05) is 12.3 Å². The third-order valence-electron chi connectivity index (χ3n) is 7.19. The van der Waals surface area contributed by atoms with Gasteiger partial charge in [-0.3, -0.25) is 4.79 Å². The molecule has 8 nitrogen and oxygen atoms in total. The molecule has 1 aliphatic carbocycles. The van der Waals surface area contributed by atoms with Crippen molar-refractivity contribution in [3.8, 4) is 0 Å². The SMILES string of the molecule is NC(=O)c1ccc(C2CCC(NCCC(c3ccccc3)c3cc(N)nc4[nH]nnc34)CC2)cc1. The minimum atomic E-state index is -0.378. The maximum atomic E-state index is 11.3. The van der Waals surface area contributed by atoms with Crippen LogP contribution in [0.3, 0.4) is 0 Å². The van der Waals surface area contributed by atoms with Gasteiger partial charge in [0.2, 0.25) is 5.91 Å². The molecule has 0 bridgehead atoms. The smallest absolute Gasteiger partial charge is 0.248 e. The molecular formula is C27H31N7O. The van der Waals surface area contributed by atoms with Crippen LogP contribution in [0.25, 0.3) is 11.2 Å². The molecule has 6 N–H and O–H groups in total. The third kappa shape index (κ3) is 5.17. The number of nitrogens with zero attached hydrogens (tertiary/aromatic N) is 3. The van der Waals surface area contributed by atoms with E-state index in [1.54, 1.807) is 0 Å². The van der Waals surface area contributed by atoms with E-state index in [-0.39, 0.29) is 11.8 Å². The van der Waals surface area contributed by atoms with Gasteiger partial charge in [0.05, 0.1) is 0 Å². The van der Waals surface area contributed by atoms with Gasteiger partial charge in [0, 0.05) is 17.5 Å². The number of primary amides is 1. The fourth-order valence-electron chi connectivity index (χ4n) is 5.32. The number of nitrogens with two attached hydrogens (primary N) is 2. The number of anilines is 1. The normalized spacial score (nSPS) is 19.0. The van der Waals surface area contributed by atoms with Crippen molar-refractivity contribution in [1.82, 2.24) is 25.7 Å². The molecule has 4 aromatic rings. The maximum Gasteiger partial charge on any atom is 0.248 e. The van der Waals surface area contributed by atoms with Crippen molar-refractivity contribution in [3.63, 3.8) is 0 Å². The molecule has 0 saturated heterocycles. The molecule has 35 heavy (non-hydrogen) atoms.